The zero-order valence-electron chi connectivity index (χ0n) is 13.7. The second-order valence-corrected chi connectivity index (χ2v) is 5.57. The molecule has 0 fully saturated rings. The minimum atomic E-state index is -0.299. The summed E-state index contributed by atoms with van der Waals surface area (Å²) in [5, 5.41) is 7.16. The highest BCUT2D eigenvalue weighted by atomic mass is 32.1. The molecular formula is C17H24N2O3S. The summed E-state index contributed by atoms with van der Waals surface area (Å²) < 4.78 is 4.77. The highest BCUT2D eigenvalue weighted by Gasteiger charge is 2.22. The Labute approximate surface area is 142 Å². The number of carbonyl (C=O) groups is 2. The number of hydrogen-bond donors (Lipinski definition) is 3. The fourth-order valence-electron chi connectivity index (χ4n) is 2.32. The molecule has 0 heterocycles. The van der Waals surface area contributed by atoms with Gasteiger partial charge in [-0.15, -0.1) is 12.6 Å². The van der Waals surface area contributed by atoms with Gasteiger partial charge in [0.1, 0.15) is 5.70 Å². The Morgan fingerprint density at radius 2 is 1.96 bits per heavy atom. The Bertz CT molecular complexity index is 546. The topological polar surface area (TPSA) is 67.4 Å². The van der Waals surface area contributed by atoms with E-state index in [0.717, 1.165) is 5.56 Å². The fraction of sp³-hybridized carbons (Fsp3) is 0.412. The quantitative estimate of drug-likeness (QED) is 0.385. The molecule has 0 unspecified atom stereocenters. The first kappa shape index (κ1) is 19.1. The first-order chi connectivity index (χ1) is 11.0. The molecule has 0 aliphatic rings. The fourth-order valence-corrected chi connectivity index (χ4v) is 2.56. The summed E-state index contributed by atoms with van der Waals surface area (Å²) in [6, 6.07) is 9.65. The largest absolute Gasteiger partial charge is 0.469 e. The van der Waals surface area contributed by atoms with Gasteiger partial charge in [0.05, 0.1) is 13.0 Å². The van der Waals surface area contributed by atoms with E-state index >= 15 is 0 Å². The van der Waals surface area contributed by atoms with E-state index in [1.165, 1.54) is 12.5 Å². The normalized spacial score (nSPS) is 13.8. The van der Waals surface area contributed by atoms with E-state index in [-0.39, 0.29) is 23.8 Å². The molecule has 0 saturated carbocycles. The van der Waals surface area contributed by atoms with Crippen molar-refractivity contribution in [3.05, 3.63) is 47.0 Å². The van der Waals surface area contributed by atoms with Crippen LogP contribution in [0.15, 0.2) is 41.4 Å². The van der Waals surface area contributed by atoms with Crippen molar-refractivity contribution in [2.75, 3.05) is 14.2 Å². The van der Waals surface area contributed by atoms with Crippen LogP contribution in [0.5, 0.6) is 0 Å². The molecule has 0 aliphatic heterocycles. The lowest BCUT2D eigenvalue weighted by Gasteiger charge is -2.22. The van der Waals surface area contributed by atoms with E-state index < -0.39 is 0 Å². The third-order valence-electron chi connectivity index (χ3n) is 3.54. The lowest BCUT2D eigenvalue weighted by Crippen LogP contribution is -2.41. The van der Waals surface area contributed by atoms with Gasteiger partial charge in [-0.25, -0.2) is 0 Å². The summed E-state index contributed by atoms with van der Waals surface area (Å²) in [4.78, 5) is 23.9. The molecule has 6 heteroatoms. The summed E-state index contributed by atoms with van der Waals surface area (Å²) >= 11 is 4.01. The van der Waals surface area contributed by atoms with E-state index in [9.17, 15) is 9.59 Å². The van der Waals surface area contributed by atoms with E-state index in [4.69, 9.17) is 4.74 Å². The molecule has 0 spiro atoms. The lowest BCUT2D eigenvalue weighted by atomic mass is 9.96. The molecule has 1 amide bonds. The SMILES string of the molecule is CN/C(=C\S)C(=O)N[C@@H](Cc1ccccc1)C[C@H](C)C(=O)OC. The number of carbonyl (C=O) groups excluding carboxylic acids is 2. The van der Waals surface area contributed by atoms with Crippen LogP contribution in [0.3, 0.4) is 0 Å². The van der Waals surface area contributed by atoms with Crippen molar-refractivity contribution >= 4 is 24.5 Å². The maximum Gasteiger partial charge on any atom is 0.308 e. The number of hydrogen-bond acceptors (Lipinski definition) is 5. The smallest absolute Gasteiger partial charge is 0.308 e. The summed E-state index contributed by atoms with van der Waals surface area (Å²) in [7, 11) is 3.03. The molecule has 0 aromatic heterocycles. The molecule has 0 bridgehead atoms. The van der Waals surface area contributed by atoms with E-state index in [1.54, 1.807) is 14.0 Å². The zero-order chi connectivity index (χ0) is 17.2. The molecular weight excluding hydrogens is 312 g/mol. The van der Waals surface area contributed by atoms with Crippen molar-refractivity contribution in [2.45, 2.75) is 25.8 Å². The number of ether oxygens (including phenoxy) is 1. The van der Waals surface area contributed by atoms with Crippen molar-refractivity contribution in [3.63, 3.8) is 0 Å². The van der Waals surface area contributed by atoms with Crippen LogP contribution in [0, 0.1) is 5.92 Å². The standard InChI is InChI=1S/C17H24N2O3S/c1-12(17(21)22-3)9-14(10-13-7-5-4-6-8-13)19-16(20)15(11-23)18-2/h4-8,11-12,14,18,23H,9-10H2,1-3H3,(H,19,20)/b15-11-/t12-,14+/m0/s1. The van der Waals surface area contributed by atoms with Gasteiger partial charge >= 0.3 is 5.97 Å². The minimum Gasteiger partial charge on any atom is -0.469 e. The summed E-state index contributed by atoms with van der Waals surface area (Å²) in [6.45, 7) is 1.80. The number of esters is 1. The Hall–Kier alpha value is -1.95. The molecule has 23 heavy (non-hydrogen) atoms. The second-order valence-electron chi connectivity index (χ2n) is 5.31. The lowest BCUT2D eigenvalue weighted by molar-refractivity contribution is -0.145. The van der Waals surface area contributed by atoms with Crippen LogP contribution in [-0.2, 0) is 20.7 Å². The molecule has 0 aliphatic carbocycles. The molecule has 5 nitrogen and oxygen atoms in total. The Balaban J connectivity index is 2.83. The average molecular weight is 336 g/mol. The van der Waals surface area contributed by atoms with Crippen LogP contribution < -0.4 is 10.6 Å². The van der Waals surface area contributed by atoms with E-state index in [0.29, 0.717) is 18.5 Å². The number of thiol groups is 1. The first-order valence-corrected chi connectivity index (χ1v) is 7.98. The van der Waals surface area contributed by atoms with Gasteiger partial charge < -0.3 is 15.4 Å². The third kappa shape index (κ3) is 6.36. The number of methoxy groups -OCH3 is 1. The maximum absolute atomic E-state index is 12.2. The Morgan fingerprint density at radius 1 is 1.30 bits per heavy atom. The number of rotatable bonds is 8. The van der Waals surface area contributed by atoms with Crippen LogP contribution in [0.25, 0.3) is 0 Å². The van der Waals surface area contributed by atoms with Crippen molar-refractivity contribution in [1.29, 1.82) is 0 Å². The molecule has 1 rings (SSSR count). The van der Waals surface area contributed by atoms with Crippen molar-refractivity contribution < 1.29 is 14.3 Å². The number of amides is 1. The van der Waals surface area contributed by atoms with E-state index in [2.05, 4.69) is 23.3 Å². The molecule has 0 radical (unpaired) electrons. The number of benzene rings is 1. The van der Waals surface area contributed by atoms with Crippen molar-refractivity contribution in [1.82, 2.24) is 10.6 Å². The third-order valence-corrected chi connectivity index (χ3v) is 3.80. The molecule has 2 N–H and O–H groups in total. The molecule has 1 aromatic carbocycles. The molecule has 1 aromatic rings. The number of nitrogens with one attached hydrogen (secondary N) is 2. The summed E-state index contributed by atoms with van der Waals surface area (Å²) in [6.07, 6.45) is 1.13. The van der Waals surface area contributed by atoms with Gasteiger partial charge in [0, 0.05) is 13.1 Å². The van der Waals surface area contributed by atoms with E-state index in [1.807, 2.05) is 30.3 Å². The molecule has 2 atom stereocenters. The van der Waals surface area contributed by atoms with Gasteiger partial charge in [0.2, 0.25) is 0 Å². The Morgan fingerprint density at radius 3 is 2.48 bits per heavy atom. The van der Waals surface area contributed by atoms with Gasteiger partial charge in [-0.05, 0) is 23.8 Å². The van der Waals surface area contributed by atoms with Crippen molar-refractivity contribution in [2.24, 2.45) is 5.92 Å². The van der Waals surface area contributed by atoms with Crippen LogP contribution in [0.4, 0.5) is 0 Å². The maximum atomic E-state index is 12.2. The van der Waals surface area contributed by atoms with Gasteiger partial charge in [0.25, 0.3) is 5.91 Å². The summed E-state index contributed by atoms with van der Waals surface area (Å²) in [5.74, 6) is -0.830. The Kier molecular flexibility index (Phi) is 8.26. The monoisotopic (exact) mass is 336 g/mol. The highest BCUT2D eigenvalue weighted by molar-refractivity contribution is 7.83. The predicted molar refractivity (Wildman–Crippen MR) is 94.0 cm³/mol. The van der Waals surface area contributed by atoms with Gasteiger partial charge in [-0.1, -0.05) is 37.3 Å². The summed E-state index contributed by atoms with van der Waals surface area (Å²) in [5.41, 5.74) is 1.47. The van der Waals surface area contributed by atoms with Crippen LogP contribution in [-0.4, -0.2) is 32.1 Å². The van der Waals surface area contributed by atoms with Crippen LogP contribution in [0.1, 0.15) is 18.9 Å². The first-order valence-electron chi connectivity index (χ1n) is 7.46. The second kappa shape index (κ2) is 9.94. The zero-order valence-corrected chi connectivity index (χ0v) is 14.6. The highest BCUT2D eigenvalue weighted by Crippen LogP contribution is 2.13. The van der Waals surface area contributed by atoms with Crippen molar-refractivity contribution in [3.8, 4) is 0 Å². The van der Waals surface area contributed by atoms with Gasteiger partial charge in [-0.2, -0.15) is 0 Å². The van der Waals surface area contributed by atoms with Crippen LogP contribution >= 0.6 is 12.6 Å². The average Bonchev–Trinajstić information content (AvgIpc) is 2.55. The van der Waals surface area contributed by atoms with Gasteiger partial charge in [0.15, 0.2) is 0 Å². The van der Waals surface area contributed by atoms with Crippen LogP contribution in [0.2, 0.25) is 0 Å². The minimum absolute atomic E-state index is 0.185. The number of likely N-dealkylation sites (N-methyl/N-ethyl adjacent to an activating group) is 1. The predicted octanol–water partition coefficient (Wildman–Crippen LogP) is 1.90. The molecule has 0 saturated heterocycles. The van der Waals surface area contributed by atoms with Gasteiger partial charge in [-0.3, -0.25) is 9.59 Å². The molecule has 126 valence electrons.